The van der Waals surface area contributed by atoms with E-state index in [1.54, 1.807) is 17.1 Å². The van der Waals surface area contributed by atoms with Gasteiger partial charge in [0.1, 0.15) is 12.2 Å². The fraction of sp³-hybridized carbons (Fsp3) is 0.500. The zero-order chi connectivity index (χ0) is 15.9. The molecular formula is C16H23NO4. The molecular weight excluding hydrogens is 270 g/mol. The van der Waals surface area contributed by atoms with Crippen molar-refractivity contribution in [1.29, 1.82) is 0 Å². The second kappa shape index (κ2) is 7.67. The van der Waals surface area contributed by atoms with E-state index in [4.69, 9.17) is 9.47 Å². The third-order valence-corrected chi connectivity index (χ3v) is 3.52. The van der Waals surface area contributed by atoms with E-state index in [-0.39, 0.29) is 18.7 Å². The molecule has 1 fully saturated rings. The van der Waals surface area contributed by atoms with Gasteiger partial charge in [-0.05, 0) is 25.0 Å². The lowest BCUT2D eigenvalue weighted by atomic mass is 9.93. The lowest BCUT2D eigenvalue weighted by Gasteiger charge is -2.32. The third-order valence-electron chi connectivity index (χ3n) is 3.52. The van der Waals surface area contributed by atoms with Crippen molar-refractivity contribution in [3.63, 3.8) is 0 Å². The first-order valence-electron chi connectivity index (χ1n) is 6.99. The van der Waals surface area contributed by atoms with E-state index in [2.05, 4.69) is 19.7 Å². The van der Waals surface area contributed by atoms with Crippen LogP contribution >= 0.6 is 0 Å². The quantitative estimate of drug-likeness (QED) is 0.535. The van der Waals surface area contributed by atoms with E-state index >= 15 is 0 Å². The van der Waals surface area contributed by atoms with Crippen molar-refractivity contribution in [2.75, 3.05) is 13.2 Å². The summed E-state index contributed by atoms with van der Waals surface area (Å²) in [5, 5.41) is 0. The SMILES string of the molecule is C=CCOC(=O)N1CCC[C@H]1CC(C=C)(C=C)OC(C)=O. The Labute approximate surface area is 125 Å². The van der Waals surface area contributed by atoms with Gasteiger partial charge in [0.2, 0.25) is 0 Å². The maximum Gasteiger partial charge on any atom is 0.410 e. The number of ether oxygens (including phenoxy) is 2. The van der Waals surface area contributed by atoms with Crippen LogP contribution in [-0.4, -0.2) is 41.8 Å². The van der Waals surface area contributed by atoms with Gasteiger partial charge in [-0.25, -0.2) is 4.79 Å². The Morgan fingerprint density at radius 3 is 2.52 bits per heavy atom. The second-order valence-corrected chi connectivity index (χ2v) is 5.02. The van der Waals surface area contributed by atoms with Crippen molar-refractivity contribution < 1.29 is 19.1 Å². The van der Waals surface area contributed by atoms with E-state index in [9.17, 15) is 9.59 Å². The van der Waals surface area contributed by atoms with E-state index < -0.39 is 11.6 Å². The number of nitrogens with zero attached hydrogens (tertiary/aromatic N) is 1. The summed E-state index contributed by atoms with van der Waals surface area (Å²) in [5.74, 6) is -0.409. The maximum absolute atomic E-state index is 12.0. The normalized spacial score (nSPS) is 18.0. The van der Waals surface area contributed by atoms with Crippen molar-refractivity contribution in [2.24, 2.45) is 0 Å². The summed E-state index contributed by atoms with van der Waals surface area (Å²) in [6.45, 7) is 13.1. The van der Waals surface area contributed by atoms with E-state index in [1.807, 2.05) is 0 Å². The lowest BCUT2D eigenvalue weighted by molar-refractivity contribution is -0.149. The van der Waals surface area contributed by atoms with Gasteiger partial charge in [0.15, 0.2) is 0 Å². The molecule has 116 valence electrons. The number of hydrogen-bond acceptors (Lipinski definition) is 4. The van der Waals surface area contributed by atoms with Gasteiger partial charge in [0.25, 0.3) is 0 Å². The number of hydrogen-bond donors (Lipinski definition) is 0. The molecule has 0 aliphatic carbocycles. The van der Waals surface area contributed by atoms with Crippen LogP contribution in [0.3, 0.4) is 0 Å². The zero-order valence-corrected chi connectivity index (χ0v) is 12.5. The lowest BCUT2D eigenvalue weighted by Crippen LogP contribution is -2.42. The third kappa shape index (κ3) is 4.48. The largest absolute Gasteiger partial charge is 0.451 e. The Morgan fingerprint density at radius 2 is 2.00 bits per heavy atom. The van der Waals surface area contributed by atoms with Crippen LogP contribution in [0.5, 0.6) is 0 Å². The molecule has 1 saturated heterocycles. The molecule has 0 aromatic rings. The van der Waals surface area contributed by atoms with Gasteiger partial charge < -0.3 is 14.4 Å². The molecule has 0 aromatic heterocycles. The minimum absolute atomic E-state index is 0.0716. The van der Waals surface area contributed by atoms with Gasteiger partial charge in [-0.3, -0.25) is 4.79 Å². The summed E-state index contributed by atoms with van der Waals surface area (Å²) in [5.41, 5.74) is -0.961. The molecule has 1 atom stereocenters. The van der Waals surface area contributed by atoms with Gasteiger partial charge in [-0.2, -0.15) is 0 Å². The number of carbonyl (C=O) groups is 2. The second-order valence-electron chi connectivity index (χ2n) is 5.02. The number of rotatable bonds is 7. The van der Waals surface area contributed by atoms with Crippen LogP contribution in [0.4, 0.5) is 4.79 Å². The molecule has 1 rings (SSSR count). The molecule has 1 amide bonds. The Kier molecular flexibility index (Phi) is 6.21. The van der Waals surface area contributed by atoms with Crippen molar-refractivity contribution in [1.82, 2.24) is 4.90 Å². The number of likely N-dealkylation sites (tertiary alicyclic amines) is 1. The minimum atomic E-state index is -0.961. The van der Waals surface area contributed by atoms with Crippen molar-refractivity contribution in [3.8, 4) is 0 Å². The fourth-order valence-corrected chi connectivity index (χ4v) is 2.51. The summed E-state index contributed by atoms with van der Waals surface area (Å²) in [4.78, 5) is 24.9. The first kappa shape index (κ1) is 17.0. The molecule has 0 unspecified atom stereocenters. The topological polar surface area (TPSA) is 55.8 Å². The smallest absolute Gasteiger partial charge is 0.410 e. The zero-order valence-electron chi connectivity index (χ0n) is 12.5. The van der Waals surface area contributed by atoms with Gasteiger partial charge in [0, 0.05) is 25.9 Å². The predicted octanol–water partition coefficient (Wildman–Crippen LogP) is 2.84. The molecule has 1 heterocycles. The van der Waals surface area contributed by atoms with Crippen LogP contribution in [0.2, 0.25) is 0 Å². The molecule has 0 bridgehead atoms. The van der Waals surface area contributed by atoms with E-state index in [0.717, 1.165) is 12.8 Å². The summed E-state index contributed by atoms with van der Waals surface area (Å²) in [6, 6.07) is -0.0716. The standard InChI is InChI=1S/C16H23NO4/c1-5-11-20-15(19)17-10-8-9-14(17)12-16(6-2,7-3)21-13(4)18/h5-7,14H,1-3,8-12H2,4H3/t14-/m0/s1. The molecule has 0 spiro atoms. The fourth-order valence-electron chi connectivity index (χ4n) is 2.51. The molecule has 5 nitrogen and oxygen atoms in total. The average Bonchev–Trinajstić information content (AvgIpc) is 2.91. The average molecular weight is 293 g/mol. The van der Waals surface area contributed by atoms with Crippen molar-refractivity contribution in [2.45, 2.75) is 37.8 Å². The van der Waals surface area contributed by atoms with Gasteiger partial charge in [0.05, 0.1) is 0 Å². The first-order valence-corrected chi connectivity index (χ1v) is 6.99. The molecule has 5 heteroatoms. The molecule has 0 aromatic carbocycles. The van der Waals surface area contributed by atoms with Crippen LogP contribution < -0.4 is 0 Å². The van der Waals surface area contributed by atoms with Crippen LogP contribution in [0.15, 0.2) is 38.0 Å². The Hall–Kier alpha value is -2.04. The van der Waals surface area contributed by atoms with E-state index in [1.165, 1.54) is 13.0 Å². The number of carbonyl (C=O) groups excluding carboxylic acids is 2. The number of esters is 1. The minimum Gasteiger partial charge on any atom is -0.451 e. The van der Waals surface area contributed by atoms with Crippen LogP contribution in [0.25, 0.3) is 0 Å². The van der Waals surface area contributed by atoms with Crippen LogP contribution in [-0.2, 0) is 14.3 Å². The summed E-state index contributed by atoms with van der Waals surface area (Å²) >= 11 is 0. The molecule has 0 N–H and O–H groups in total. The van der Waals surface area contributed by atoms with Gasteiger partial charge >= 0.3 is 12.1 Å². The summed E-state index contributed by atoms with van der Waals surface area (Å²) in [7, 11) is 0. The Balaban J connectivity index is 2.79. The summed E-state index contributed by atoms with van der Waals surface area (Å²) in [6.07, 6.45) is 6.40. The van der Waals surface area contributed by atoms with Crippen LogP contribution in [0, 0.1) is 0 Å². The Morgan fingerprint density at radius 1 is 1.33 bits per heavy atom. The molecule has 0 saturated carbocycles. The van der Waals surface area contributed by atoms with E-state index in [0.29, 0.717) is 13.0 Å². The van der Waals surface area contributed by atoms with Crippen LogP contribution in [0.1, 0.15) is 26.2 Å². The molecule has 21 heavy (non-hydrogen) atoms. The van der Waals surface area contributed by atoms with Gasteiger partial charge in [-0.15, -0.1) is 0 Å². The first-order chi connectivity index (χ1) is 9.98. The van der Waals surface area contributed by atoms with Gasteiger partial charge in [-0.1, -0.05) is 25.8 Å². The molecule has 0 radical (unpaired) electrons. The highest BCUT2D eigenvalue weighted by Gasteiger charge is 2.37. The molecule has 1 aliphatic heterocycles. The number of amides is 1. The highest BCUT2D eigenvalue weighted by Crippen LogP contribution is 2.30. The van der Waals surface area contributed by atoms with Crippen molar-refractivity contribution >= 4 is 12.1 Å². The predicted molar refractivity (Wildman–Crippen MR) is 80.8 cm³/mol. The Bertz CT molecular complexity index is 422. The summed E-state index contributed by atoms with van der Waals surface area (Å²) < 4.78 is 10.4. The molecule has 1 aliphatic rings. The van der Waals surface area contributed by atoms with Crippen molar-refractivity contribution in [3.05, 3.63) is 38.0 Å². The monoisotopic (exact) mass is 293 g/mol. The highest BCUT2D eigenvalue weighted by molar-refractivity contribution is 5.69. The highest BCUT2D eigenvalue weighted by atomic mass is 16.6. The maximum atomic E-state index is 12.0.